The minimum Gasteiger partial charge on any atom is -0.370 e. The molecule has 9 heteroatoms. The molecule has 2 N–H and O–H groups in total. The summed E-state index contributed by atoms with van der Waals surface area (Å²) in [5, 5.41) is 5.29. The molecule has 2 aliphatic rings. The normalized spacial score (nSPS) is 20.5. The van der Waals surface area contributed by atoms with Gasteiger partial charge in [0.25, 0.3) is 5.91 Å². The van der Waals surface area contributed by atoms with Gasteiger partial charge in [0.1, 0.15) is 12.1 Å². The van der Waals surface area contributed by atoms with Crippen LogP contribution in [0.2, 0.25) is 0 Å². The lowest BCUT2D eigenvalue weighted by Crippen LogP contribution is -2.43. The van der Waals surface area contributed by atoms with Gasteiger partial charge in [-0.2, -0.15) is 0 Å². The van der Waals surface area contributed by atoms with Crippen molar-refractivity contribution in [1.82, 2.24) is 10.2 Å². The van der Waals surface area contributed by atoms with E-state index in [1.54, 1.807) is 29.2 Å². The number of rotatable bonds is 6. The van der Waals surface area contributed by atoms with Crippen molar-refractivity contribution >= 4 is 35.1 Å². The fraction of sp³-hybridized carbons (Fsp3) is 0.333. The highest BCUT2D eigenvalue weighted by molar-refractivity contribution is 6.21. The summed E-state index contributed by atoms with van der Waals surface area (Å²) in [5.74, 6) is -0.748. The van der Waals surface area contributed by atoms with Gasteiger partial charge in [-0.05, 0) is 30.2 Å². The van der Waals surface area contributed by atoms with Crippen LogP contribution >= 0.6 is 0 Å². The molecule has 2 heterocycles. The highest BCUT2D eigenvalue weighted by Gasteiger charge is 2.39. The van der Waals surface area contributed by atoms with Gasteiger partial charge in [0, 0.05) is 25.6 Å². The summed E-state index contributed by atoms with van der Waals surface area (Å²) in [6.45, 7) is 2.78. The van der Waals surface area contributed by atoms with Crippen LogP contribution in [0.25, 0.3) is 0 Å². The van der Waals surface area contributed by atoms with Gasteiger partial charge in [-0.3, -0.25) is 14.4 Å². The Morgan fingerprint density at radius 1 is 1.12 bits per heavy atom. The van der Waals surface area contributed by atoms with Gasteiger partial charge in [-0.1, -0.05) is 36.4 Å². The molecule has 2 fully saturated rings. The third-order valence-electron chi connectivity index (χ3n) is 5.68. The summed E-state index contributed by atoms with van der Waals surface area (Å²) < 4.78 is 5.81. The van der Waals surface area contributed by atoms with Crippen LogP contribution in [0.5, 0.6) is 0 Å². The fourth-order valence-electron chi connectivity index (χ4n) is 4.07. The van der Waals surface area contributed by atoms with E-state index in [0.29, 0.717) is 31.1 Å². The molecular weight excluding hydrogens is 424 g/mol. The molecule has 0 radical (unpaired) electrons. The van der Waals surface area contributed by atoms with Gasteiger partial charge in [0.15, 0.2) is 0 Å². The van der Waals surface area contributed by atoms with E-state index >= 15 is 0 Å². The van der Waals surface area contributed by atoms with Crippen molar-refractivity contribution < 1.29 is 23.9 Å². The lowest BCUT2D eigenvalue weighted by molar-refractivity contribution is -0.139. The van der Waals surface area contributed by atoms with E-state index < -0.39 is 18.0 Å². The van der Waals surface area contributed by atoms with Crippen molar-refractivity contribution in [2.45, 2.75) is 31.9 Å². The zero-order valence-electron chi connectivity index (χ0n) is 18.3. The lowest BCUT2D eigenvalue weighted by Gasteiger charge is -2.33. The fourth-order valence-corrected chi connectivity index (χ4v) is 4.07. The highest BCUT2D eigenvalue weighted by Crippen LogP contribution is 2.25. The molecule has 2 aromatic rings. The first-order valence-corrected chi connectivity index (χ1v) is 10.9. The zero-order chi connectivity index (χ0) is 23.4. The molecule has 33 heavy (non-hydrogen) atoms. The number of benzene rings is 2. The van der Waals surface area contributed by atoms with E-state index in [1.165, 1.54) is 6.92 Å². The first-order valence-electron chi connectivity index (χ1n) is 10.9. The van der Waals surface area contributed by atoms with Crippen LogP contribution in [0.15, 0.2) is 54.6 Å². The highest BCUT2D eigenvalue weighted by atomic mass is 16.5. The van der Waals surface area contributed by atoms with Gasteiger partial charge < -0.3 is 20.3 Å². The molecule has 0 aromatic heterocycles. The zero-order valence-corrected chi connectivity index (χ0v) is 18.3. The Morgan fingerprint density at radius 2 is 1.91 bits per heavy atom. The second-order valence-electron chi connectivity index (χ2n) is 8.06. The monoisotopic (exact) mass is 450 g/mol. The van der Waals surface area contributed by atoms with E-state index in [0.717, 1.165) is 10.5 Å². The number of ether oxygens (including phenoxy) is 1. The number of anilines is 2. The summed E-state index contributed by atoms with van der Waals surface area (Å²) >= 11 is 0. The maximum Gasteiger partial charge on any atom is 0.329 e. The second-order valence-corrected chi connectivity index (χ2v) is 8.06. The molecule has 172 valence electrons. The number of hydrogen-bond donors (Lipinski definition) is 2. The van der Waals surface area contributed by atoms with Crippen LogP contribution in [-0.4, -0.2) is 54.4 Å². The molecule has 2 saturated heterocycles. The van der Waals surface area contributed by atoms with E-state index in [1.807, 2.05) is 30.3 Å². The second kappa shape index (κ2) is 9.83. The Bertz CT molecular complexity index is 1060. The maximum absolute atomic E-state index is 12.9. The van der Waals surface area contributed by atoms with Crippen molar-refractivity contribution in [3.63, 3.8) is 0 Å². The van der Waals surface area contributed by atoms with Crippen LogP contribution in [0, 0.1) is 0 Å². The Balaban J connectivity index is 1.35. The number of hydrogen-bond acceptors (Lipinski definition) is 5. The average Bonchev–Trinajstić information content (AvgIpc) is 3.10. The van der Waals surface area contributed by atoms with Gasteiger partial charge in [-0.25, -0.2) is 9.69 Å². The van der Waals surface area contributed by atoms with Crippen molar-refractivity contribution in [2.75, 3.05) is 29.9 Å². The predicted octanol–water partition coefficient (Wildman–Crippen LogP) is 2.45. The average molecular weight is 450 g/mol. The van der Waals surface area contributed by atoms with Crippen molar-refractivity contribution in [2.24, 2.45) is 0 Å². The molecule has 9 nitrogen and oxygen atoms in total. The van der Waals surface area contributed by atoms with Crippen LogP contribution < -0.4 is 15.5 Å². The first-order chi connectivity index (χ1) is 15.9. The third kappa shape index (κ3) is 5.20. The summed E-state index contributed by atoms with van der Waals surface area (Å²) in [4.78, 5) is 52.2. The summed E-state index contributed by atoms with van der Waals surface area (Å²) in [6, 6.07) is 14.9. The number of morpholine rings is 1. The quantitative estimate of drug-likeness (QED) is 0.658. The molecule has 2 aromatic carbocycles. The molecule has 2 atom stereocenters. The Hall–Kier alpha value is -3.72. The first kappa shape index (κ1) is 22.5. The van der Waals surface area contributed by atoms with Crippen LogP contribution in [-0.2, 0) is 19.1 Å². The van der Waals surface area contributed by atoms with Crippen LogP contribution in [0.3, 0.4) is 0 Å². The molecule has 0 aliphatic carbocycles. The predicted molar refractivity (Wildman–Crippen MR) is 122 cm³/mol. The van der Waals surface area contributed by atoms with Crippen LogP contribution in [0.4, 0.5) is 16.2 Å². The molecule has 1 unspecified atom stereocenters. The number of nitrogens with zero attached hydrogens (tertiary/aromatic N) is 2. The number of amides is 5. The van der Waals surface area contributed by atoms with E-state index in [9.17, 15) is 19.2 Å². The SMILES string of the molecule is CC(=O)Nc1cccc(N2C(=O)N[C@H](CCC(=O)N3CCOC(c4ccccc4)C3)C2=O)c1. The molecule has 2 aliphatic heterocycles. The molecule has 0 bridgehead atoms. The van der Waals surface area contributed by atoms with Gasteiger partial charge in [0.05, 0.1) is 18.8 Å². The minimum absolute atomic E-state index is 0.0765. The Labute approximate surface area is 191 Å². The number of carbonyl (C=O) groups is 4. The largest absolute Gasteiger partial charge is 0.370 e. The van der Waals surface area contributed by atoms with E-state index in [2.05, 4.69) is 10.6 Å². The van der Waals surface area contributed by atoms with E-state index in [-0.39, 0.29) is 30.8 Å². The Kier molecular flexibility index (Phi) is 6.69. The molecule has 5 amide bonds. The van der Waals surface area contributed by atoms with Crippen molar-refractivity contribution in [1.29, 1.82) is 0 Å². The molecule has 0 spiro atoms. The molecular formula is C24H26N4O5. The molecule has 4 rings (SSSR count). The van der Waals surface area contributed by atoms with Crippen LogP contribution in [0.1, 0.15) is 31.4 Å². The number of nitrogens with one attached hydrogen (secondary N) is 2. The standard InChI is InChI=1S/C24H26N4O5/c1-16(29)25-18-8-5-9-19(14-18)28-23(31)20(26-24(28)32)10-11-22(30)27-12-13-33-21(15-27)17-6-3-2-4-7-17/h2-9,14,20-21H,10-13,15H2,1H3,(H,25,29)(H,26,32)/t20-,21?/m1/s1. The summed E-state index contributed by atoms with van der Waals surface area (Å²) in [7, 11) is 0. The summed E-state index contributed by atoms with van der Waals surface area (Å²) in [6.07, 6.45) is 0.166. The van der Waals surface area contributed by atoms with Gasteiger partial charge >= 0.3 is 6.03 Å². The minimum atomic E-state index is -0.781. The smallest absolute Gasteiger partial charge is 0.329 e. The third-order valence-corrected chi connectivity index (χ3v) is 5.68. The number of imide groups is 1. The van der Waals surface area contributed by atoms with Gasteiger partial charge in [0.2, 0.25) is 11.8 Å². The Morgan fingerprint density at radius 3 is 2.67 bits per heavy atom. The van der Waals surface area contributed by atoms with Gasteiger partial charge in [-0.15, -0.1) is 0 Å². The van der Waals surface area contributed by atoms with E-state index in [4.69, 9.17) is 4.74 Å². The van der Waals surface area contributed by atoms with Crippen molar-refractivity contribution in [3.05, 3.63) is 60.2 Å². The van der Waals surface area contributed by atoms with Crippen molar-refractivity contribution in [3.8, 4) is 0 Å². The topological polar surface area (TPSA) is 108 Å². The molecule has 0 saturated carbocycles. The summed E-state index contributed by atoms with van der Waals surface area (Å²) in [5.41, 5.74) is 1.86. The maximum atomic E-state index is 12.9. The number of carbonyl (C=O) groups excluding carboxylic acids is 4. The number of urea groups is 1. The lowest BCUT2D eigenvalue weighted by atomic mass is 10.1.